The van der Waals surface area contributed by atoms with Gasteiger partial charge in [0.15, 0.2) is 6.61 Å². The summed E-state index contributed by atoms with van der Waals surface area (Å²) in [4.78, 5) is 23.9. The average Bonchev–Trinajstić information content (AvgIpc) is 2.66. The summed E-state index contributed by atoms with van der Waals surface area (Å²) in [6.45, 7) is -0.738. The Morgan fingerprint density at radius 1 is 1.17 bits per heavy atom. The van der Waals surface area contributed by atoms with E-state index in [2.05, 4.69) is 5.32 Å². The van der Waals surface area contributed by atoms with Gasteiger partial charge in [0.25, 0.3) is 5.91 Å². The summed E-state index contributed by atoms with van der Waals surface area (Å²) in [6, 6.07) is 7.26. The molecule has 0 bridgehead atoms. The normalized spacial score (nSPS) is 11.2. The summed E-state index contributed by atoms with van der Waals surface area (Å²) >= 11 is 5.87. The van der Waals surface area contributed by atoms with Gasteiger partial charge in [-0.3, -0.25) is 4.79 Å². The van der Waals surface area contributed by atoms with E-state index >= 15 is 0 Å². The van der Waals surface area contributed by atoms with Crippen LogP contribution in [0.5, 0.6) is 5.75 Å². The van der Waals surface area contributed by atoms with Crippen LogP contribution >= 0.6 is 11.6 Å². The number of benzene rings is 2. The van der Waals surface area contributed by atoms with Gasteiger partial charge in [-0.25, -0.2) is 21.9 Å². The molecular formula is C18H18ClFN2O6S. The van der Waals surface area contributed by atoms with Crippen LogP contribution in [0.25, 0.3) is 0 Å². The van der Waals surface area contributed by atoms with E-state index in [9.17, 15) is 22.4 Å². The number of halogens is 2. The van der Waals surface area contributed by atoms with Crippen molar-refractivity contribution in [2.45, 2.75) is 4.90 Å². The third kappa shape index (κ3) is 5.43. The number of sulfonamides is 1. The topological polar surface area (TPSA) is 102 Å². The molecule has 0 radical (unpaired) electrons. The molecule has 1 amide bonds. The van der Waals surface area contributed by atoms with E-state index in [1.54, 1.807) is 6.07 Å². The molecule has 0 aromatic heterocycles. The Morgan fingerprint density at radius 3 is 2.48 bits per heavy atom. The Labute approximate surface area is 172 Å². The fourth-order valence-electron chi connectivity index (χ4n) is 2.21. The number of nitrogens with one attached hydrogen (secondary N) is 1. The summed E-state index contributed by atoms with van der Waals surface area (Å²) in [7, 11) is 0.113. The maximum Gasteiger partial charge on any atom is 0.341 e. The zero-order valence-corrected chi connectivity index (χ0v) is 17.3. The molecule has 1 N–H and O–H groups in total. The van der Waals surface area contributed by atoms with Crippen LogP contribution in [-0.2, 0) is 19.6 Å². The van der Waals surface area contributed by atoms with Crippen molar-refractivity contribution in [1.29, 1.82) is 0 Å². The van der Waals surface area contributed by atoms with Crippen molar-refractivity contribution < 1.29 is 31.9 Å². The molecule has 0 heterocycles. The molecule has 0 spiro atoms. The fraction of sp³-hybridized carbons (Fsp3) is 0.222. The molecule has 156 valence electrons. The molecule has 0 saturated heterocycles. The number of esters is 1. The molecule has 0 fully saturated rings. The van der Waals surface area contributed by atoms with Crippen molar-refractivity contribution in [2.24, 2.45) is 0 Å². The molecular weight excluding hydrogens is 427 g/mol. The SMILES string of the molecule is COc1ccc(Cl)cc1NC(=O)COC(=O)c1cc(S(=O)(=O)N(C)C)ccc1F. The lowest BCUT2D eigenvalue weighted by molar-refractivity contribution is -0.119. The van der Waals surface area contributed by atoms with Crippen molar-refractivity contribution >= 4 is 39.2 Å². The first-order valence-corrected chi connectivity index (χ1v) is 9.90. The second-order valence-electron chi connectivity index (χ2n) is 5.90. The van der Waals surface area contributed by atoms with Gasteiger partial charge in [0.2, 0.25) is 10.0 Å². The third-order valence-corrected chi connectivity index (χ3v) is 5.75. The van der Waals surface area contributed by atoms with Gasteiger partial charge in [-0.05, 0) is 36.4 Å². The maximum atomic E-state index is 14.0. The van der Waals surface area contributed by atoms with Gasteiger partial charge >= 0.3 is 5.97 Å². The number of amides is 1. The van der Waals surface area contributed by atoms with Gasteiger partial charge in [-0.1, -0.05) is 11.6 Å². The van der Waals surface area contributed by atoms with Crippen LogP contribution in [-0.4, -0.2) is 52.4 Å². The minimum Gasteiger partial charge on any atom is -0.495 e. The molecule has 8 nitrogen and oxygen atoms in total. The zero-order chi connectivity index (χ0) is 21.8. The molecule has 2 aromatic rings. The molecule has 0 atom stereocenters. The summed E-state index contributed by atoms with van der Waals surface area (Å²) < 4.78 is 49.1. The number of hydrogen-bond acceptors (Lipinski definition) is 6. The lowest BCUT2D eigenvalue weighted by atomic mass is 10.2. The number of hydrogen-bond donors (Lipinski definition) is 1. The van der Waals surface area contributed by atoms with Gasteiger partial charge in [0.1, 0.15) is 11.6 Å². The lowest BCUT2D eigenvalue weighted by Gasteiger charge is -2.13. The van der Waals surface area contributed by atoms with Crippen molar-refractivity contribution in [1.82, 2.24) is 4.31 Å². The van der Waals surface area contributed by atoms with E-state index in [1.807, 2.05) is 0 Å². The van der Waals surface area contributed by atoms with E-state index in [0.29, 0.717) is 10.8 Å². The third-order valence-electron chi connectivity index (χ3n) is 3.71. The van der Waals surface area contributed by atoms with Crippen molar-refractivity contribution in [2.75, 3.05) is 33.1 Å². The molecule has 0 saturated carbocycles. The van der Waals surface area contributed by atoms with Crippen LogP contribution in [0.4, 0.5) is 10.1 Å². The highest BCUT2D eigenvalue weighted by molar-refractivity contribution is 7.89. The highest BCUT2D eigenvalue weighted by Gasteiger charge is 2.22. The monoisotopic (exact) mass is 444 g/mol. The number of ether oxygens (including phenoxy) is 2. The Kier molecular flexibility index (Phi) is 7.17. The highest BCUT2D eigenvalue weighted by atomic mass is 35.5. The van der Waals surface area contributed by atoms with E-state index in [0.717, 1.165) is 22.5 Å². The average molecular weight is 445 g/mol. The van der Waals surface area contributed by atoms with Gasteiger partial charge in [-0.15, -0.1) is 0 Å². The van der Waals surface area contributed by atoms with Gasteiger partial charge in [-0.2, -0.15) is 0 Å². The van der Waals surface area contributed by atoms with Gasteiger partial charge < -0.3 is 14.8 Å². The van der Waals surface area contributed by atoms with E-state index in [4.69, 9.17) is 21.1 Å². The predicted molar refractivity (Wildman–Crippen MR) is 104 cm³/mol. The van der Waals surface area contributed by atoms with Crippen LogP contribution < -0.4 is 10.1 Å². The first-order valence-electron chi connectivity index (χ1n) is 8.09. The summed E-state index contributed by atoms with van der Waals surface area (Å²) in [5, 5.41) is 2.80. The highest BCUT2D eigenvalue weighted by Crippen LogP contribution is 2.27. The largest absolute Gasteiger partial charge is 0.495 e. The van der Waals surface area contributed by atoms with Crippen LogP contribution in [0, 0.1) is 5.82 Å². The standard InChI is InChI=1S/C18H18ClFN2O6S/c1-22(2)29(25,26)12-5-6-14(20)13(9-12)18(24)28-10-17(23)21-15-8-11(19)4-7-16(15)27-3/h4-9H,10H2,1-3H3,(H,21,23). The van der Waals surface area contributed by atoms with Crippen molar-refractivity contribution in [3.05, 3.63) is 52.8 Å². The molecule has 0 aliphatic rings. The summed E-state index contributed by atoms with van der Waals surface area (Å²) in [6.07, 6.45) is 0. The van der Waals surface area contributed by atoms with Crippen molar-refractivity contribution in [3.63, 3.8) is 0 Å². The fourth-order valence-corrected chi connectivity index (χ4v) is 3.31. The number of nitrogens with zero attached hydrogens (tertiary/aromatic N) is 1. The second-order valence-corrected chi connectivity index (χ2v) is 8.49. The molecule has 29 heavy (non-hydrogen) atoms. The Bertz CT molecular complexity index is 1040. The van der Waals surface area contributed by atoms with Crippen LogP contribution in [0.3, 0.4) is 0 Å². The molecule has 2 aromatic carbocycles. The minimum atomic E-state index is -3.88. The lowest BCUT2D eigenvalue weighted by Crippen LogP contribution is -2.24. The smallest absolute Gasteiger partial charge is 0.341 e. The van der Waals surface area contributed by atoms with Crippen LogP contribution in [0.2, 0.25) is 5.02 Å². The summed E-state index contributed by atoms with van der Waals surface area (Å²) in [5.41, 5.74) is -0.354. The maximum absolute atomic E-state index is 14.0. The number of rotatable bonds is 7. The Hall–Kier alpha value is -2.69. The summed E-state index contributed by atoms with van der Waals surface area (Å²) in [5.74, 6) is -2.56. The molecule has 0 aliphatic carbocycles. The molecule has 0 unspecified atom stereocenters. The number of carbonyl (C=O) groups is 2. The molecule has 2 rings (SSSR count). The number of carbonyl (C=O) groups excluding carboxylic acids is 2. The van der Waals surface area contributed by atoms with E-state index in [-0.39, 0.29) is 10.6 Å². The van der Waals surface area contributed by atoms with Crippen LogP contribution in [0.15, 0.2) is 41.3 Å². The first-order chi connectivity index (χ1) is 13.6. The van der Waals surface area contributed by atoms with E-state index in [1.165, 1.54) is 33.3 Å². The zero-order valence-electron chi connectivity index (χ0n) is 15.7. The second kappa shape index (κ2) is 9.21. The van der Waals surface area contributed by atoms with Crippen molar-refractivity contribution in [3.8, 4) is 5.75 Å². The first kappa shape index (κ1) is 22.6. The van der Waals surface area contributed by atoms with E-state index < -0.39 is 39.9 Å². The molecule has 11 heteroatoms. The molecule has 0 aliphatic heterocycles. The quantitative estimate of drug-likeness (QED) is 0.658. The number of anilines is 1. The predicted octanol–water partition coefficient (Wildman–Crippen LogP) is 2.53. The Balaban J connectivity index is 2.11. The Morgan fingerprint density at radius 2 is 1.86 bits per heavy atom. The number of methoxy groups -OCH3 is 1. The minimum absolute atomic E-state index is 0.256. The van der Waals surface area contributed by atoms with Gasteiger partial charge in [0, 0.05) is 19.1 Å². The van der Waals surface area contributed by atoms with Crippen LogP contribution in [0.1, 0.15) is 10.4 Å². The van der Waals surface area contributed by atoms with Gasteiger partial charge in [0.05, 0.1) is 23.3 Å².